The number of hydrogen-bond acceptors (Lipinski definition) is 4. The summed E-state index contributed by atoms with van der Waals surface area (Å²) in [5, 5.41) is 6.79. The summed E-state index contributed by atoms with van der Waals surface area (Å²) in [6.45, 7) is 0. The molecule has 0 aliphatic rings. The van der Waals surface area contributed by atoms with Gasteiger partial charge in [-0.05, 0) is 68.0 Å². The molecule has 2 heterocycles. The topological polar surface area (TPSA) is 51.8 Å². The van der Waals surface area contributed by atoms with Gasteiger partial charge in [-0.1, -0.05) is 127 Å². The van der Waals surface area contributed by atoms with Crippen molar-refractivity contribution in [3.63, 3.8) is 0 Å². The second-order valence-electron chi connectivity index (χ2n) is 11.4. The number of furan rings is 1. The average Bonchev–Trinajstić information content (AvgIpc) is 3.50. The molecule has 0 saturated carbocycles. The lowest BCUT2D eigenvalue weighted by molar-refractivity contribution is 0.670. The number of hydrogen-bond donors (Lipinski definition) is 0. The molecule has 0 aliphatic heterocycles. The fraction of sp³-hybridized carbons (Fsp3) is 0. The fourth-order valence-electron chi connectivity index (χ4n) is 6.51. The van der Waals surface area contributed by atoms with Crippen molar-refractivity contribution < 1.29 is 4.42 Å². The third kappa shape index (κ3) is 4.42. The van der Waals surface area contributed by atoms with Crippen LogP contribution in [0.1, 0.15) is 0 Å². The highest BCUT2D eigenvalue weighted by molar-refractivity contribution is 6.28. The predicted molar refractivity (Wildman–Crippen MR) is 189 cm³/mol. The smallest absolute Gasteiger partial charge is 0.226 e. The van der Waals surface area contributed by atoms with Crippen LogP contribution >= 0.6 is 11.6 Å². The molecule has 7 aromatic carbocycles. The van der Waals surface area contributed by atoms with Crippen molar-refractivity contribution in [2.75, 3.05) is 0 Å². The van der Waals surface area contributed by atoms with E-state index in [2.05, 4.69) is 113 Å². The van der Waals surface area contributed by atoms with Gasteiger partial charge >= 0.3 is 0 Å². The van der Waals surface area contributed by atoms with E-state index in [0.29, 0.717) is 11.6 Å². The number of rotatable bonds is 4. The van der Waals surface area contributed by atoms with E-state index in [9.17, 15) is 0 Å². The van der Waals surface area contributed by atoms with Gasteiger partial charge in [-0.3, -0.25) is 0 Å². The van der Waals surface area contributed by atoms with Crippen LogP contribution in [-0.2, 0) is 0 Å². The normalized spacial score (nSPS) is 11.6. The van der Waals surface area contributed by atoms with Crippen molar-refractivity contribution in [1.29, 1.82) is 0 Å². The van der Waals surface area contributed by atoms with Crippen LogP contribution in [0.25, 0.3) is 88.5 Å². The Morgan fingerprint density at radius 2 is 1.09 bits per heavy atom. The molecule has 216 valence electrons. The van der Waals surface area contributed by atoms with Gasteiger partial charge in [0.25, 0.3) is 0 Å². The summed E-state index contributed by atoms with van der Waals surface area (Å²) in [6.07, 6.45) is 0. The largest absolute Gasteiger partial charge is 0.455 e. The Kier molecular flexibility index (Phi) is 6.15. The lowest BCUT2D eigenvalue weighted by atomic mass is 9.96. The summed E-state index contributed by atoms with van der Waals surface area (Å²) in [5.41, 5.74) is 7.83. The van der Waals surface area contributed by atoms with Crippen molar-refractivity contribution in [1.82, 2.24) is 15.0 Å². The van der Waals surface area contributed by atoms with Crippen molar-refractivity contribution in [3.05, 3.63) is 151 Å². The van der Waals surface area contributed by atoms with Crippen LogP contribution in [0.4, 0.5) is 0 Å². The van der Waals surface area contributed by atoms with E-state index in [4.69, 9.17) is 21.0 Å². The first-order valence-electron chi connectivity index (χ1n) is 15.1. The Balaban J connectivity index is 1.14. The first-order chi connectivity index (χ1) is 22.7. The number of aromatic nitrogens is 3. The van der Waals surface area contributed by atoms with Gasteiger partial charge in [0.2, 0.25) is 5.28 Å². The molecular formula is C41H24ClN3O. The Morgan fingerprint density at radius 3 is 1.98 bits per heavy atom. The molecular weight excluding hydrogens is 586 g/mol. The summed E-state index contributed by atoms with van der Waals surface area (Å²) in [4.78, 5) is 14.1. The van der Waals surface area contributed by atoms with Gasteiger partial charge in [-0.2, -0.15) is 9.97 Å². The molecule has 5 heteroatoms. The van der Waals surface area contributed by atoms with E-state index >= 15 is 0 Å². The molecule has 0 atom stereocenters. The quantitative estimate of drug-likeness (QED) is 0.199. The molecule has 9 aromatic rings. The van der Waals surface area contributed by atoms with Gasteiger partial charge < -0.3 is 4.42 Å². The first-order valence-corrected chi connectivity index (χ1v) is 15.5. The van der Waals surface area contributed by atoms with Crippen LogP contribution in [0.5, 0.6) is 0 Å². The van der Waals surface area contributed by atoms with E-state index in [0.717, 1.165) is 55.0 Å². The molecule has 0 bridgehead atoms. The molecule has 46 heavy (non-hydrogen) atoms. The molecule has 9 rings (SSSR count). The molecule has 0 N–H and O–H groups in total. The van der Waals surface area contributed by atoms with Crippen LogP contribution in [-0.4, -0.2) is 15.0 Å². The highest BCUT2D eigenvalue weighted by atomic mass is 35.5. The van der Waals surface area contributed by atoms with Crippen molar-refractivity contribution >= 4 is 55.1 Å². The van der Waals surface area contributed by atoms with Gasteiger partial charge in [-0.15, -0.1) is 0 Å². The van der Waals surface area contributed by atoms with Gasteiger partial charge in [0.1, 0.15) is 11.2 Å². The summed E-state index contributed by atoms with van der Waals surface area (Å²) < 4.78 is 6.45. The van der Waals surface area contributed by atoms with Crippen molar-refractivity contribution in [2.24, 2.45) is 0 Å². The molecule has 0 spiro atoms. The Morgan fingerprint density at radius 1 is 0.435 bits per heavy atom. The molecule has 0 amide bonds. The monoisotopic (exact) mass is 609 g/mol. The number of fused-ring (bicyclic) bond motifs is 5. The van der Waals surface area contributed by atoms with Crippen molar-refractivity contribution in [2.45, 2.75) is 0 Å². The van der Waals surface area contributed by atoms with Crippen molar-refractivity contribution in [3.8, 4) is 45.0 Å². The Bertz CT molecular complexity index is 2600. The van der Waals surface area contributed by atoms with E-state index < -0.39 is 0 Å². The van der Waals surface area contributed by atoms with Gasteiger partial charge in [0, 0.05) is 27.5 Å². The maximum absolute atomic E-state index is 6.57. The van der Waals surface area contributed by atoms with Crippen LogP contribution in [0.15, 0.2) is 150 Å². The second kappa shape index (κ2) is 10.7. The standard InChI is InChI=1S/C41H24ClN3O/c42-41-44-39(30-22-20-27-23-29(21-19-28(27)24-30)32-14-6-12-25-11-4-5-13-31(25)32)43-40(45-41)35-17-8-18-36-37(35)34-16-7-15-33(38(34)46-36)26-9-2-1-3-10-26/h1-24H. The zero-order chi connectivity index (χ0) is 30.6. The number of benzene rings is 7. The lowest BCUT2D eigenvalue weighted by Gasteiger charge is -2.10. The highest BCUT2D eigenvalue weighted by Gasteiger charge is 2.19. The van der Waals surface area contributed by atoms with Crippen LogP contribution in [0, 0.1) is 0 Å². The van der Waals surface area contributed by atoms with E-state index in [1.807, 2.05) is 42.5 Å². The van der Waals surface area contributed by atoms with E-state index in [-0.39, 0.29) is 5.28 Å². The van der Waals surface area contributed by atoms with E-state index in [1.165, 1.54) is 21.9 Å². The molecule has 2 aromatic heterocycles. The van der Waals surface area contributed by atoms with Crippen LogP contribution in [0.3, 0.4) is 0 Å². The summed E-state index contributed by atoms with van der Waals surface area (Å²) in [6, 6.07) is 50.2. The first kappa shape index (κ1) is 26.6. The maximum Gasteiger partial charge on any atom is 0.226 e. The highest BCUT2D eigenvalue weighted by Crippen LogP contribution is 2.40. The van der Waals surface area contributed by atoms with Gasteiger partial charge in [-0.25, -0.2) is 4.98 Å². The summed E-state index contributed by atoms with van der Waals surface area (Å²) >= 11 is 6.57. The molecule has 0 saturated heterocycles. The fourth-order valence-corrected chi connectivity index (χ4v) is 6.67. The number of halogens is 1. The molecule has 0 aliphatic carbocycles. The molecule has 0 fully saturated rings. The number of para-hydroxylation sites is 1. The zero-order valence-corrected chi connectivity index (χ0v) is 25.2. The Hall–Kier alpha value is -5.84. The number of nitrogens with zero attached hydrogens (tertiary/aromatic N) is 3. The van der Waals surface area contributed by atoms with Crippen LogP contribution < -0.4 is 0 Å². The predicted octanol–water partition coefficient (Wildman–Crippen LogP) is 11.4. The average molecular weight is 610 g/mol. The van der Waals surface area contributed by atoms with E-state index in [1.54, 1.807) is 0 Å². The van der Waals surface area contributed by atoms with Gasteiger partial charge in [0.05, 0.1) is 0 Å². The molecule has 0 radical (unpaired) electrons. The maximum atomic E-state index is 6.57. The molecule has 4 nitrogen and oxygen atoms in total. The minimum atomic E-state index is 0.140. The van der Waals surface area contributed by atoms with Crippen LogP contribution in [0.2, 0.25) is 5.28 Å². The summed E-state index contributed by atoms with van der Waals surface area (Å²) in [7, 11) is 0. The minimum Gasteiger partial charge on any atom is -0.455 e. The zero-order valence-electron chi connectivity index (χ0n) is 24.5. The lowest BCUT2D eigenvalue weighted by Crippen LogP contribution is -1.97. The Labute approximate surface area is 269 Å². The second-order valence-corrected chi connectivity index (χ2v) is 11.7. The molecule has 0 unspecified atom stereocenters. The summed E-state index contributed by atoms with van der Waals surface area (Å²) in [5.74, 6) is 1.02. The minimum absolute atomic E-state index is 0.140. The third-order valence-corrected chi connectivity index (χ3v) is 8.82. The third-order valence-electron chi connectivity index (χ3n) is 8.66. The SMILES string of the molecule is Clc1nc(-c2ccc3cc(-c4cccc5ccccc45)ccc3c2)nc(-c2cccc3oc4c(-c5ccccc5)cccc4c23)n1. The van der Waals surface area contributed by atoms with Gasteiger partial charge in [0.15, 0.2) is 11.6 Å².